The van der Waals surface area contributed by atoms with Crippen molar-refractivity contribution in [1.82, 2.24) is 34.9 Å². The molecule has 0 unspecified atom stereocenters. The summed E-state index contributed by atoms with van der Waals surface area (Å²) in [5.74, 6) is 2.56. The molecule has 0 aliphatic carbocycles. The fourth-order valence-corrected chi connectivity index (χ4v) is 12.6. The standard InChI is InChI=1S/C15H22N2.C15H21NO.C14H20N2O.C14H20N2S.2C13H20/c1-14(2,3)11-9-17-13(15(4,5)6)12-10(11)7-8-16-12;1-14(2,3)11-9-16-13(15(4,5)6)12-10(11)7-8-17-12;2*1-13(2,3)9-7-15-12(14(4,5)6)10-11(9)17-8-16-10;2*1-9(2)12-6-7-13(10(3)4)11(5)8-12/h7-9,16H,1-6H3;7-9H,1-6H3;2*7-8H,1-6H3;2*6-10H,1-5H3. The SMILES string of the molecule is CC(C)(C)c1cnc(C(C)(C)C)c2[nH]ccc12.CC(C)(C)c1cnc(C(C)(C)C)c2occc12.CC(C)(C)c1ncc(C(C)(C)C)c2ocnc12.CC(C)(C)c1ncc(C(C)(C)C)c2scnc12.Cc1cc(C(C)C)ccc1C(C)C.Cc1cc(C(C)C)ccc1C(C)C. The molecule has 8 aromatic heterocycles. The molecule has 2 aromatic carbocycles. The van der Waals surface area contributed by atoms with Gasteiger partial charge in [0.05, 0.1) is 44.8 Å². The molecule has 0 fully saturated rings. The zero-order valence-electron chi connectivity index (χ0n) is 65.0. The fourth-order valence-electron chi connectivity index (χ4n) is 11.6. The highest BCUT2D eigenvalue weighted by Gasteiger charge is 2.30. The highest BCUT2D eigenvalue weighted by Crippen LogP contribution is 2.40. The lowest BCUT2D eigenvalue weighted by Crippen LogP contribution is -2.17. The number of oxazole rings is 1. The maximum Gasteiger partial charge on any atom is 0.182 e. The van der Waals surface area contributed by atoms with Gasteiger partial charge in [0.2, 0.25) is 0 Å². The first-order chi connectivity index (χ1) is 42.9. The van der Waals surface area contributed by atoms with Crippen LogP contribution in [0.5, 0.6) is 0 Å². The molecular weight excluding hydrogens is 1170 g/mol. The van der Waals surface area contributed by atoms with E-state index in [1.165, 1.54) is 77.5 Å². The number of H-pyrrole nitrogens is 1. The first-order valence-corrected chi connectivity index (χ1v) is 35.3. The quantitative estimate of drug-likeness (QED) is 0.185. The van der Waals surface area contributed by atoms with Crippen LogP contribution in [-0.4, -0.2) is 34.9 Å². The molecular formula is C84H123N7O2S. The second kappa shape index (κ2) is 29.9. The van der Waals surface area contributed by atoms with E-state index in [1.807, 2.05) is 42.6 Å². The van der Waals surface area contributed by atoms with Crippen LogP contribution in [0.15, 0.2) is 107 Å². The summed E-state index contributed by atoms with van der Waals surface area (Å²) in [6.45, 7) is 74.9. The van der Waals surface area contributed by atoms with E-state index >= 15 is 0 Å². The number of pyridine rings is 4. The second-order valence-electron chi connectivity index (χ2n) is 35.4. The summed E-state index contributed by atoms with van der Waals surface area (Å²) in [6, 6.07) is 17.9. The number of fused-ring (bicyclic) bond motifs is 4. The van der Waals surface area contributed by atoms with E-state index in [0.717, 1.165) is 50.5 Å². The Morgan fingerprint density at radius 3 is 1.19 bits per heavy atom. The smallest absolute Gasteiger partial charge is 0.182 e. The first-order valence-electron chi connectivity index (χ1n) is 34.4. The minimum Gasteiger partial charge on any atom is -0.462 e. The van der Waals surface area contributed by atoms with Crippen molar-refractivity contribution in [2.45, 2.75) is 302 Å². The number of hydrogen-bond donors (Lipinski definition) is 1. The molecule has 0 spiro atoms. The molecule has 0 bridgehead atoms. The van der Waals surface area contributed by atoms with Crippen LogP contribution in [0.3, 0.4) is 0 Å². The molecule has 8 heterocycles. The van der Waals surface area contributed by atoms with Gasteiger partial charge in [-0.25, -0.2) is 9.97 Å². The van der Waals surface area contributed by atoms with Crippen LogP contribution in [0.25, 0.3) is 43.2 Å². The average Bonchev–Trinajstić information content (AvgIpc) is 1.53. The number of benzene rings is 2. The monoisotopic (exact) mass is 1290 g/mol. The van der Waals surface area contributed by atoms with Gasteiger partial charge in [-0.05, 0) is 121 Å². The van der Waals surface area contributed by atoms with Gasteiger partial charge >= 0.3 is 0 Å². The summed E-state index contributed by atoms with van der Waals surface area (Å²) in [5.41, 5.74) is 25.3. The normalized spacial score (nSPS) is 12.7. The lowest BCUT2D eigenvalue weighted by Gasteiger charge is -2.24. The Bertz CT molecular complexity index is 3420. The molecule has 10 heteroatoms. The van der Waals surface area contributed by atoms with E-state index < -0.39 is 0 Å². The Balaban J connectivity index is 0.000000205. The van der Waals surface area contributed by atoms with Crippen molar-refractivity contribution < 1.29 is 8.83 Å². The van der Waals surface area contributed by atoms with Gasteiger partial charge in [0.1, 0.15) is 11.0 Å². The van der Waals surface area contributed by atoms with E-state index in [0.29, 0.717) is 23.7 Å². The highest BCUT2D eigenvalue weighted by atomic mass is 32.1. The van der Waals surface area contributed by atoms with Crippen molar-refractivity contribution in [3.05, 3.63) is 176 Å². The maximum atomic E-state index is 5.65. The van der Waals surface area contributed by atoms with E-state index in [9.17, 15) is 0 Å². The number of nitrogens with zero attached hydrogens (tertiary/aromatic N) is 6. The van der Waals surface area contributed by atoms with Crippen molar-refractivity contribution in [2.24, 2.45) is 0 Å². The molecule has 1 N–H and O–H groups in total. The average molecular weight is 1300 g/mol. The van der Waals surface area contributed by atoms with Gasteiger partial charge in [0.25, 0.3) is 0 Å². The van der Waals surface area contributed by atoms with Gasteiger partial charge in [0, 0.05) is 69.0 Å². The van der Waals surface area contributed by atoms with Gasteiger partial charge in [-0.3, -0.25) is 19.9 Å². The van der Waals surface area contributed by atoms with Crippen molar-refractivity contribution in [3.8, 4) is 0 Å². The molecule has 512 valence electrons. The third-order valence-electron chi connectivity index (χ3n) is 17.0. The maximum absolute atomic E-state index is 5.65. The number of hydrogen-bond acceptors (Lipinski definition) is 9. The summed E-state index contributed by atoms with van der Waals surface area (Å²) < 4.78 is 12.5. The fraction of sp³-hybridized carbons (Fsp3) is 0.548. The number of thiazole rings is 1. The van der Waals surface area contributed by atoms with Crippen molar-refractivity contribution >= 4 is 54.5 Å². The summed E-state index contributed by atoms with van der Waals surface area (Å²) in [7, 11) is 0. The Labute approximate surface area is 573 Å². The molecule has 94 heavy (non-hydrogen) atoms. The van der Waals surface area contributed by atoms with Gasteiger partial charge in [-0.1, -0.05) is 258 Å². The Morgan fingerprint density at radius 1 is 0.372 bits per heavy atom. The lowest BCUT2D eigenvalue weighted by atomic mass is 9.83. The van der Waals surface area contributed by atoms with Crippen LogP contribution in [-0.2, 0) is 43.3 Å². The van der Waals surface area contributed by atoms with Crippen molar-refractivity contribution in [1.29, 1.82) is 0 Å². The zero-order valence-corrected chi connectivity index (χ0v) is 65.8. The van der Waals surface area contributed by atoms with E-state index in [2.05, 4.69) is 313 Å². The summed E-state index contributed by atoms with van der Waals surface area (Å²) in [6.07, 6.45) is 13.3. The van der Waals surface area contributed by atoms with Crippen LogP contribution >= 0.6 is 11.3 Å². The Hall–Kier alpha value is -6.52. The molecule has 9 nitrogen and oxygen atoms in total. The highest BCUT2D eigenvalue weighted by molar-refractivity contribution is 7.17. The summed E-state index contributed by atoms with van der Waals surface area (Å²) in [5, 5.41) is 2.50. The van der Waals surface area contributed by atoms with Crippen molar-refractivity contribution in [2.75, 3.05) is 0 Å². The third-order valence-corrected chi connectivity index (χ3v) is 17.9. The largest absolute Gasteiger partial charge is 0.462 e. The molecule has 0 aliphatic heterocycles. The van der Waals surface area contributed by atoms with E-state index in [1.54, 1.807) is 17.6 Å². The Kier molecular flexibility index (Phi) is 24.8. The van der Waals surface area contributed by atoms with Gasteiger partial charge in [-0.15, -0.1) is 11.3 Å². The van der Waals surface area contributed by atoms with Gasteiger partial charge < -0.3 is 13.8 Å². The van der Waals surface area contributed by atoms with Crippen molar-refractivity contribution in [3.63, 3.8) is 0 Å². The molecule has 0 saturated carbocycles. The number of nitrogens with one attached hydrogen (secondary N) is 1. The van der Waals surface area contributed by atoms with E-state index in [-0.39, 0.29) is 43.3 Å². The second-order valence-corrected chi connectivity index (χ2v) is 36.3. The molecule has 0 aliphatic rings. The predicted molar refractivity (Wildman–Crippen MR) is 408 cm³/mol. The third kappa shape index (κ3) is 19.8. The number of aryl methyl sites for hydroxylation is 2. The topological polar surface area (TPSA) is 119 Å². The zero-order chi connectivity index (χ0) is 71.4. The van der Waals surface area contributed by atoms with Gasteiger partial charge in [0.15, 0.2) is 17.6 Å². The molecule has 0 saturated heterocycles. The minimum absolute atomic E-state index is 0.00647. The van der Waals surface area contributed by atoms with Crippen LogP contribution < -0.4 is 0 Å². The number of furan rings is 1. The minimum atomic E-state index is -0.0223. The van der Waals surface area contributed by atoms with Crippen LogP contribution in [0.2, 0.25) is 0 Å². The molecule has 10 aromatic rings. The van der Waals surface area contributed by atoms with Gasteiger partial charge in [-0.2, -0.15) is 0 Å². The van der Waals surface area contributed by atoms with E-state index in [4.69, 9.17) is 8.83 Å². The Morgan fingerprint density at radius 2 is 0.777 bits per heavy atom. The summed E-state index contributed by atoms with van der Waals surface area (Å²) >= 11 is 1.72. The number of rotatable bonds is 4. The number of aromatic nitrogens is 7. The predicted octanol–water partition coefficient (Wildman–Crippen LogP) is 25.2. The van der Waals surface area contributed by atoms with Crippen LogP contribution in [0.4, 0.5) is 0 Å². The van der Waals surface area contributed by atoms with Crippen LogP contribution in [0.1, 0.15) is 324 Å². The lowest BCUT2D eigenvalue weighted by molar-refractivity contribution is 0.537. The molecule has 10 rings (SSSR count). The molecule has 0 amide bonds. The molecule has 0 radical (unpaired) electrons. The summed E-state index contributed by atoms with van der Waals surface area (Å²) in [4.78, 5) is 30.8. The molecule has 0 atom stereocenters. The number of aromatic amines is 1. The first kappa shape index (κ1) is 78.2. The van der Waals surface area contributed by atoms with Crippen LogP contribution in [0, 0.1) is 13.8 Å².